The summed E-state index contributed by atoms with van der Waals surface area (Å²) in [5, 5.41) is 12.1. The monoisotopic (exact) mass is 336 g/mol. The van der Waals surface area contributed by atoms with Crippen molar-refractivity contribution in [3.8, 4) is 0 Å². The van der Waals surface area contributed by atoms with Crippen LogP contribution in [0.15, 0.2) is 53.5 Å². The van der Waals surface area contributed by atoms with Crippen LogP contribution in [-0.2, 0) is 0 Å². The second kappa shape index (κ2) is 6.10. The first kappa shape index (κ1) is 15.5. The van der Waals surface area contributed by atoms with Gasteiger partial charge in [-0.15, -0.1) is 0 Å². The zero-order valence-electron chi connectivity index (χ0n) is 13.9. The number of imidazole rings is 1. The number of aliphatic hydroxyl groups is 1. The lowest BCUT2D eigenvalue weighted by molar-refractivity contribution is 0.304. The Labute approximate surface area is 145 Å². The van der Waals surface area contributed by atoms with Crippen LogP contribution in [0.2, 0.25) is 0 Å². The molecule has 7 nitrogen and oxygen atoms in total. The van der Waals surface area contributed by atoms with Gasteiger partial charge >= 0.3 is 0 Å². The van der Waals surface area contributed by atoms with Crippen LogP contribution in [0.3, 0.4) is 0 Å². The Balaban J connectivity index is 1.76. The maximum absolute atomic E-state index is 9.08. The maximum Gasteiger partial charge on any atom is 0.212 e. The van der Waals surface area contributed by atoms with Gasteiger partial charge in [0, 0.05) is 19.3 Å². The average Bonchev–Trinajstić information content (AvgIpc) is 2.99. The number of hydrogen-bond acceptors (Lipinski definition) is 6. The van der Waals surface area contributed by atoms with Crippen molar-refractivity contribution in [1.82, 2.24) is 9.55 Å². The maximum atomic E-state index is 9.08. The number of guanidine groups is 1. The zero-order chi connectivity index (χ0) is 17.4. The van der Waals surface area contributed by atoms with Crippen LogP contribution in [0.25, 0.3) is 11.0 Å². The minimum Gasteiger partial charge on any atom is -0.395 e. The van der Waals surface area contributed by atoms with Gasteiger partial charge in [-0.25, -0.2) is 9.98 Å². The minimum absolute atomic E-state index is 0.123. The van der Waals surface area contributed by atoms with Crippen molar-refractivity contribution in [1.29, 1.82) is 0 Å². The number of fused-ring (bicyclic) bond motifs is 3. The average molecular weight is 336 g/mol. The Kier molecular flexibility index (Phi) is 3.77. The number of nitrogens with one attached hydrogen (secondary N) is 1. The van der Waals surface area contributed by atoms with Crippen LogP contribution in [-0.4, -0.2) is 40.8 Å². The molecular weight excluding hydrogens is 316 g/mol. The SMILES string of the molecule is CN(CCO)c1ccc([C@H]2N=C(N)Nc3nc4ccccc4n32)cc1. The Bertz CT molecular complexity index is 930. The van der Waals surface area contributed by atoms with E-state index < -0.39 is 0 Å². The highest BCUT2D eigenvalue weighted by Gasteiger charge is 2.24. The Morgan fingerprint density at radius 3 is 2.72 bits per heavy atom. The minimum atomic E-state index is -0.263. The van der Waals surface area contributed by atoms with E-state index in [1.165, 1.54) is 0 Å². The predicted octanol–water partition coefficient (Wildman–Crippen LogP) is 1.75. The molecule has 1 aliphatic heterocycles. The lowest BCUT2D eigenvalue weighted by atomic mass is 10.1. The van der Waals surface area contributed by atoms with Crippen molar-refractivity contribution in [3.63, 3.8) is 0 Å². The van der Waals surface area contributed by atoms with E-state index in [4.69, 9.17) is 10.8 Å². The number of aromatic nitrogens is 2. The first-order valence-corrected chi connectivity index (χ1v) is 8.16. The van der Waals surface area contributed by atoms with Gasteiger partial charge in [0.2, 0.25) is 5.95 Å². The largest absolute Gasteiger partial charge is 0.395 e. The van der Waals surface area contributed by atoms with Crippen molar-refractivity contribution in [2.75, 3.05) is 30.4 Å². The topological polar surface area (TPSA) is 91.7 Å². The van der Waals surface area contributed by atoms with Crippen molar-refractivity contribution in [2.45, 2.75) is 6.17 Å². The van der Waals surface area contributed by atoms with Crippen molar-refractivity contribution in [2.24, 2.45) is 10.7 Å². The third-order valence-corrected chi connectivity index (χ3v) is 4.41. The molecule has 2 heterocycles. The van der Waals surface area contributed by atoms with E-state index in [2.05, 4.69) is 19.9 Å². The van der Waals surface area contributed by atoms with Gasteiger partial charge in [-0.05, 0) is 29.8 Å². The van der Waals surface area contributed by atoms with Crippen LogP contribution in [0.5, 0.6) is 0 Å². The normalized spacial score (nSPS) is 16.2. The van der Waals surface area contributed by atoms with Crippen LogP contribution in [0, 0.1) is 0 Å². The second-order valence-electron chi connectivity index (χ2n) is 6.04. The molecule has 0 fully saturated rings. The molecule has 0 amide bonds. The molecule has 0 saturated carbocycles. The number of nitrogens with zero attached hydrogens (tertiary/aromatic N) is 4. The van der Waals surface area contributed by atoms with Gasteiger partial charge < -0.3 is 15.7 Å². The fraction of sp³-hybridized carbons (Fsp3) is 0.222. The summed E-state index contributed by atoms with van der Waals surface area (Å²) in [6, 6.07) is 16.1. The molecule has 0 aliphatic carbocycles. The molecule has 1 aromatic heterocycles. The summed E-state index contributed by atoms with van der Waals surface area (Å²) in [6.07, 6.45) is -0.263. The number of likely N-dealkylation sites (N-methyl/N-ethyl adjacent to an activating group) is 1. The van der Waals surface area contributed by atoms with E-state index in [1.807, 2.05) is 60.5 Å². The third-order valence-electron chi connectivity index (χ3n) is 4.41. The summed E-state index contributed by atoms with van der Waals surface area (Å²) in [6.45, 7) is 0.714. The summed E-state index contributed by atoms with van der Waals surface area (Å²) in [7, 11) is 1.95. The molecule has 0 radical (unpaired) electrons. The summed E-state index contributed by atoms with van der Waals surface area (Å²) >= 11 is 0. The summed E-state index contributed by atoms with van der Waals surface area (Å²) in [5.41, 5.74) is 9.94. The Hall–Kier alpha value is -3.06. The van der Waals surface area contributed by atoms with Gasteiger partial charge in [-0.3, -0.25) is 9.88 Å². The van der Waals surface area contributed by atoms with Gasteiger partial charge in [-0.2, -0.15) is 0 Å². The number of aliphatic imine (C=N–C) groups is 1. The number of nitrogens with two attached hydrogens (primary N) is 1. The molecule has 3 aromatic rings. The van der Waals surface area contributed by atoms with Gasteiger partial charge in [0.05, 0.1) is 17.6 Å². The van der Waals surface area contributed by atoms with E-state index in [1.54, 1.807) is 0 Å². The lowest BCUT2D eigenvalue weighted by Crippen LogP contribution is -2.31. The number of anilines is 2. The summed E-state index contributed by atoms with van der Waals surface area (Å²) < 4.78 is 2.05. The van der Waals surface area contributed by atoms with Crippen LogP contribution < -0.4 is 16.0 Å². The molecule has 0 spiro atoms. The molecule has 0 bridgehead atoms. The van der Waals surface area contributed by atoms with Gasteiger partial charge in [-0.1, -0.05) is 24.3 Å². The molecular formula is C18H20N6O. The number of hydrogen-bond donors (Lipinski definition) is 3. The number of para-hydroxylation sites is 2. The highest BCUT2D eigenvalue weighted by Crippen LogP contribution is 2.32. The molecule has 0 saturated heterocycles. The van der Waals surface area contributed by atoms with E-state index in [-0.39, 0.29) is 12.8 Å². The van der Waals surface area contributed by atoms with Gasteiger partial charge in [0.1, 0.15) is 0 Å². The molecule has 4 N–H and O–H groups in total. The van der Waals surface area contributed by atoms with Gasteiger partial charge in [0.15, 0.2) is 12.1 Å². The number of benzene rings is 2. The van der Waals surface area contributed by atoms with E-state index in [0.717, 1.165) is 22.3 Å². The first-order valence-electron chi connectivity index (χ1n) is 8.16. The summed E-state index contributed by atoms with van der Waals surface area (Å²) in [4.78, 5) is 11.2. The fourth-order valence-electron chi connectivity index (χ4n) is 3.12. The Morgan fingerprint density at radius 2 is 1.96 bits per heavy atom. The third kappa shape index (κ3) is 2.68. The molecule has 0 unspecified atom stereocenters. The van der Waals surface area contributed by atoms with Crippen molar-refractivity contribution >= 4 is 28.6 Å². The standard InChI is InChI=1S/C18H20N6O/c1-23(10-11-25)13-8-6-12(7-9-13)16-21-17(19)22-18-20-14-4-2-3-5-15(14)24(16)18/h2-9,16,25H,10-11H2,1H3,(H3,19,20,21,22)/t16-/m0/s1. The predicted molar refractivity (Wildman–Crippen MR) is 99.9 cm³/mol. The fourth-order valence-corrected chi connectivity index (χ4v) is 3.12. The zero-order valence-corrected chi connectivity index (χ0v) is 13.9. The number of aliphatic hydroxyl groups excluding tert-OH is 1. The molecule has 7 heteroatoms. The molecule has 2 aromatic carbocycles. The quantitative estimate of drug-likeness (QED) is 0.675. The highest BCUT2D eigenvalue weighted by atomic mass is 16.3. The second-order valence-corrected chi connectivity index (χ2v) is 6.04. The molecule has 1 atom stereocenters. The smallest absolute Gasteiger partial charge is 0.212 e. The van der Waals surface area contributed by atoms with E-state index in [0.29, 0.717) is 18.5 Å². The lowest BCUT2D eigenvalue weighted by Gasteiger charge is -2.24. The van der Waals surface area contributed by atoms with Crippen LogP contribution in [0.4, 0.5) is 11.6 Å². The summed E-state index contributed by atoms with van der Waals surface area (Å²) in [5.74, 6) is 1.05. The molecule has 4 rings (SSSR count). The van der Waals surface area contributed by atoms with Crippen LogP contribution in [0.1, 0.15) is 11.7 Å². The number of rotatable bonds is 4. The first-order chi connectivity index (χ1) is 12.2. The Morgan fingerprint density at radius 1 is 1.20 bits per heavy atom. The van der Waals surface area contributed by atoms with Crippen molar-refractivity contribution < 1.29 is 5.11 Å². The van der Waals surface area contributed by atoms with Crippen molar-refractivity contribution in [3.05, 3.63) is 54.1 Å². The molecule has 128 valence electrons. The van der Waals surface area contributed by atoms with E-state index in [9.17, 15) is 0 Å². The van der Waals surface area contributed by atoms with E-state index >= 15 is 0 Å². The van der Waals surface area contributed by atoms with Gasteiger partial charge in [0.25, 0.3) is 0 Å². The van der Waals surface area contributed by atoms with Crippen LogP contribution >= 0.6 is 0 Å². The molecule has 25 heavy (non-hydrogen) atoms. The molecule has 1 aliphatic rings. The highest BCUT2D eigenvalue weighted by molar-refractivity contribution is 5.94.